The number of aromatic amines is 1. The number of hydrogen-bond acceptors (Lipinski definition) is 5. The van der Waals surface area contributed by atoms with Crippen molar-refractivity contribution < 1.29 is 14.1 Å². The number of rotatable bonds is 4. The number of carbonyl (C=O) groups is 1. The standard InChI is InChI=1S/C15H22BN3O4/c1-10(20)17-7-11(6-12-8-19-13(21)9-18-12)16-22-14(2,3)15(4,5)23-16/h6,8-9H,7H2,1-5H3,(H,17,20)(H,19,21). The van der Waals surface area contributed by atoms with Crippen LogP contribution in [0, 0.1) is 0 Å². The largest absolute Gasteiger partial charge is 0.492 e. The molecule has 1 amide bonds. The fourth-order valence-corrected chi connectivity index (χ4v) is 2.05. The predicted octanol–water partition coefficient (Wildman–Crippen LogP) is 0.921. The molecule has 0 aromatic carbocycles. The van der Waals surface area contributed by atoms with Crippen molar-refractivity contribution >= 4 is 19.1 Å². The van der Waals surface area contributed by atoms with Gasteiger partial charge in [0.25, 0.3) is 5.56 Å². The molecule has 0 saturated carbocycles. The Hall–Kier alpha value is -1.93. The van der Waals surface area contributed by atoms with Crippen LogP contribution in [0.1, 0.15) is 40.3 Å². The summed E-state index contributed by atoms with van der Waals surface area (Å²) in [5.74, 6) is -0.151. The Labute approximate surface area is 135 Å². The first-order valence-corrected chi connectivity index (χ1v) is 7.46. The van der Waals surface area contributed by atoms with E-state index in [2.05, 4.69) is 15.3 Å². The van der Waals surface area contributed by atoms with Gasteiger partial charge in [-0.3, -0.25) is 9.59 Å². The minimum absolute atomic E-state index is 0.151. The van der Waals surface area contributed by atoms with E-state index < -0.39 is 18.3 Å². The molecule has 0 spiro atoms. The first-order valence-electron chi connectivity index (χ1n) is 7.46. The van der Waals surface area contributed by atoms with Gasteiger partial charge in [-0.1, -0.05) is 0 Å². The Kier molecular flexibility index (Phi) is 4.77. The number of amides is 1. The van der Waals surface area contributed by atoms with Gasteiger partial charge in [0, 0.05) is 19.7 Å². The zero-order valence-electron chi connectivity index (χ0n) is 14.1. The van der Waals surface area contributed by atoms with Crippen molar-refractivity contribution in [2.75, 3.05) is 6.54 Å². The Bertz CT molecular complexity index is 645. The van der Waals surface area contributed by atoms with Crippen LogP contribution in [-0.4, -0.2) is 40.7 Å². The van der Waals surface area contributed by atoms with E-state index in [1.807, 2.05) is 27.7 Å². The number of nitrogens with one attached hydrogen (secondary N) is 2. The van der Waals surface area contributed by atoms with Crippen LogP contribution in [0.5, 0.6) is 0 Å². The summed E-state index contributed by atoms with van der Waals surface area (Å²) in [6.07, 6.45) is 4.45. The van der Waals surface area contributed by atoms with Gasteiger partial charge in [0.1, 0.15) is 0 Å². The summed E-state index contributed by atoms with van der Waals surface area (Å²) in [6.45, 7) is 9.55. The topological polar surface area (TPSA) is 93.3 Å². The van der Waals surface area contributed by atoms with E-state index in [9.17, 15) is 9.59 Å². The minimum atomic E-state index is -0.597. The Balaban J connectivity index is 2.29. The van der Waals surface area contributed by atoms with E-state index in [1.54, 1.807) is 6.08 Å². The fraction of sp³-hybridized carbons (Fsp3) is 0.533. The van der Waals surface area contributed by atoms with Gasteiger partial charge in [0.2, 0.25) is 5.91 Å². The van der Waals surface area contributed by atoms with Crippen molar-refractivity contribution in [3.63, 3.8) is 0 Å². The third kappa shape index (κ3) is 4.08. The predicted molar refractivity (Wildman–Crippen MR) is 87.6 cm³/mol. The van der Waals surface area contributed by atoms with Gasteiger partial charge in [-0.15, -0.1) is 0 Å². The van der Waals surface area contributed by atoms with Gasteiger partial charge in [-0.2, -0.15) is 0 Å². The molecule has 1 aromatic rings. The lowest BCUT2D eigenvalue weighted by Gasteiger charge is -2.32. The molecule has 0 unspecified atom stereocenters. The van der Waals surface area contributed by atoms with Crippen LogP contribution >= 0.6 is 0 Å². The highest BCUT2D eigenvalue weighted by atomic mass is 16.7. The molecule has 0 radical (unpaired) electrons. The van der Waals surface area contributed by atoms with E-state index in [4.69, 9.17) is 9.31 Å². The first-order chi connectivity index (χ1) is 10.6. The molecule has 1 aliphatic heterocycles. The average molecular weight is 319 g/mol. The van der Waals surface area contributed by atoms with Gasteiger partial charge in [-0.25, -0.2) is 4.98 Å². The molecule has 1 fully saturated rings. The van der Waals surface area contributed by atoms with Crippen molar-refractivity contribution in [3.05, 3.63) is 33.9 Å². The second-order valence-electron chi connectivity index (χ2n) is 6.55. The maximum Gasteiger partial charge on any atom is 0.492 e. The smallest absolute Gasteiger partial charge is 0.400 e. The normalized spacial score (nSPS) is 19.7. The van der Waals surface area contributed by atoms with Crippen LogP contribution in [0.3, 0.4) is 0 Å². The molecule has 1 aliphatic rings. The molecule has 1 saturated heterocycles. The lowest BCUT2D eigenvalue weighted by atomic mass is 9.77. The lowest BCUT2D eigenvalue weighted by Crippen LogP contribution is -2.41. The zero-order chi connectivity index (χ0) is 17.3. The molecule has 1 aromatic heterocycles. The highest BCUT2D eigenvalue weighted by Gasteiger charge is 2.52. The summed E-state index contributed by atoms with van der Waals surface area (Å²) in [7, 11) is -0.597. The van der Waals surface area contributed by atoms with Crippen LogP contribution in [0.4, 0.5) is 0 Å². The van der Waals surface area contributed by atoms with Gasteiger partial charge in [0.15, 0.2) is 0 Å². The first kappa shape index (κ1) is 17.4. The number of nitrogens with zero attached hydrogens (tertiary/aromatic N) is 1. The molecule has 23 heavy (non-hydrogen) atoms. The summed E-state index contributed by atoms with van der Waals surface area (Å²) >= 11 is 0. The summed E-state index contributed by atoms with van der Waals surface area (Å²) in [5, 5.41) is 2.74. The number of aromatic nitrogens is 2. The third-order valence-corrected chi connectivity index (χ3v) is 4.12. The maximum absolute atomic E-state index is 11.2. The van der Waals surface area contributed by atoms with Gasteiger partial charge < -0.3 is 19.6 Å². The molecule has 0 atom stereocenters. The van der Waals surface area contributed by atoms with Crippen molar-refractivity contribution in [2.24, 2.45) is 0 Å². The Morgan fingerprint density at radius 1 is 1.35 bits per heavy atom. The molecule has 0 aliphatic carbocycles. The molecule has 2 N–H and O–H groups in total. The molecular formula is C15H22BN3O4. The van der Waals surface area contributed by atoms with Crippen LogP contribution in [0.25, 0.3) is 6.08 Å². The van der Waals surface area contributed by atoms with Crippen molar-refractivity contribution in [3.8, 4) is 0 Å². The molecular weight excluding hydrogens is 297 g/mol. The van der Waals surface area contributed by atoms with Crippen molar-refractivity contribution in [1.82, 2.24) is 15.3 Å². The van der Waals surface area contributed by atoms with E-state index >= 15 is 0 Å². The zero-order valence-corrected chi connectivity index (χ0v) is 14.1. The fourth-order valence-electron chi connectivity index (χ4n) is 2.05. The second kappa shape index (κ2) is 6.29. The molecule has 2 heterocycles. The van der Waals surface area contributed by atoms with Crippen LogP contribution in [-0.2, 0) is 14.1 Å². The third-order valence-electron chi connectivity index (χ3n) is 4.12. The number of carbonyl (C=O) groups excluding carboxylic acids is 1. The van der Waals surface area contributed by atoms with Crippen LogP contribution in [0.15, 0.2) is 22.7 Å². The Morgan fingerprint density at radius 2 is 1.96 bits per heavy atom. The summed E-state index contributed by atoms with van der Waals surface area (Å²) in [5.41, 5.74) is 0.0378. The van der Waals surface area contributed by atoms with Gasteiger partial charge >= 0.3 is 7.12 Å². The van der Waals surface area contributed by atoms with Gasteiger partial charge in [-0.05, 0) is 39.2 Å². The molecule has 2 rings (SSSR count). The minimum Gasteiger partial charge on any atom is -0.400 e. The van der Waals surface area contributed by atoms with E-state index in [0.29, 0.717) is 5.69 Å². The highest BCUT2D eigenvalue weighted by Crippen LogP contribution is 2.38. The molecule has 0 bridgehead atoms. The van der Waals surface area contributed by atoms with E-state index in [-0.39, 0.29) is 18.0 Å². The van der Waals surface area contributed by atoms with Crippen LogP contribution in [0.2, 0.25) is 0 Å². The molecule has 8 heteroatoms. The summed E-state index contributed by atoms with van der Waals surface area (Å²) in [6, 6.07) is 0. The number of hydrogen-bond donors (Lipinski definition) is 2. The SMILES string of the molecule is CC(=O)NCC(=Cc1c[nH]c(=O)cn1)B1OC(C)(C)C(C)(C)O1. The summed E-state index contributed by atoms with van der Waals surface area (Å²) in [4.78, 5) is 28.9. The molecule has 124 valence electrons. The lowest BCUT2D eigenvalue weighted by molar-refractivity contribution is -0.118. The molecule has 7 nitrogen and oxygen atoms in total. The monoisotopic (exact) mass is 319 g/mol. The Morgan fingerprint density at radius 3 is 2.43 bits per heavy atom. The van der Waals surface area contributed by atoms with E-state index in [0.717, 1.165) is 5.47 Å². The quantitative estimate of drug-likeness (QED) is 0.805. The van der Waals surface area contributed by atoms with E-state index in [1.165, 1.54) is 19.3 Å². The van der Waals surface area contributed by atoms with Crippen molar-refractivity contribution in [2.45, 2.75) is 45.8 Å². The van der Waals surface area contributed by atoms with Crippen LogP contribution < -0.4 is 10.9 Å². The maximum atomic E-state index is 11.2. The highest BCUT2D eigenvalue weighted by molar-refractivity contribution is 6.56. The average Bonchev–Trinajstić information content (AvgIpc) is 2.65. The second-order valence-corrected chi connectivity index (χ2v) is 6.55. The number of H-pyrrole nitrogens is 1. The summed E-state index contributed by atoms with van der Waals surface area (Å²) < 4.78 is 12.0. The van der Waals surface area contributed by atoms with Gasteiger partial charge in [0.05, 0.1) is 23.1 Å². The van der Waals surface area contributed by atoms with Crippen molar-refractivity contribution in [1.29, 1.82) is 0 Å².